The molecular weight excluding hydrogens is 260 g/mol. The summed E-state index contributed by atoms with van der Waals surface area (Å²) in [7, 11) is -3.39. The molecule has 0 spiro atoms. The Bertz CT molecular complexity index is 704. The van der Waals surface area contributed by atoms with Gasteiger partial charge in [0.15, 0.2) is 0 Å². The van der Waals surface area contributed by atoms with Gasteiger partial charge in [-0.3, -0.25) is 0 Å². The third-order valence-corrected chi connectivity index (χ3v) is 5.32. The van der Waals surface area contributed by atoms with Gasteiger partial charge in [-0.25, -0.2) is 8.42 Å². The van der Waals surface area contributed by atoms with E-state index in [9.17, 15) is 8.42 Å². The monoisotopic (exact) mass is 276 g/mol. The van der Waals surface area contributed by atoms with Crippen LogP contribution in [0.15, 0.2) is 47.5 Å². The zero-order valence-electron chi connectivity index (χ0n) is 10.8. The van der Waals surface area contributed by atoms with Crippen molar-refractivity contribution in [1.82, 2.24) is 8.87 Å². The number of aromatic nitrogens is 1. The zero-order chi connectivity index (χ0) is 13.5. The predicted octanol–water partition coefficient (Wildman–Crippen LogP) is 2.00. The molecule has 19 heavy (non-hydrogen) atoms. The summed E-state index contributed by atoms with van der Waals surface area (Å²) in [6, 6.07) is 11.0. The van der Waals surface area contributed by atoms with E-state index >= 15 is 0 Å². The highest BCUT2D eigenvalue weighted by Gasteiger charge is 2.27. The first-order valence-electron chi connectivity index (χ1n) is 6.28. The van der Waals surface area contributed by atoms with Gasteiger partial charge in [0, 0.05) is 25.0 Å². The van der Waals surface area contributed by atoms with Crippen LogP contribution >= 0.6 is 0 Å². The molecule has 0 amide bonds. The van der Waals surface area contributed by atoms with Crippen LogP contribution in [-0.4, -0.2) is 23.8 Å². The van der Waals surface area contributed by atoms with Gasteiger partial charge in [-0.1, -0.05) is 12.1 Å². The van der Waals surface area contributed by atoms with Gasteiger partial charge in [-0.05, 0) is 36.8 Å². The Morgan fingerprint density at radius 2 is 1.95 bits per heavy atom. The number of hydrogen-bond donors (Lipinski definition) is 0. The van der Waals surface area contributed by atoms with Gasteiger partial charge in [-0.2, -0.15) is 4.31 Å². The average molecular weight is 276 g/mol. The number of fused-ring (bicyclic) bond motifs is 1. The van der Waals surface area contributed by atoms with Gasteiger partial charge in [-0.15, -0.1) is 0 Å². The molecule has 0 saturated heterocycles. The van der Waals surface area contributed by atoms with Crippen LogP contribution in [0.5, 0.6) is 0 Å². The van der Waals surface area contributed by atoms with Crippen LogP contribution in [0.3, 0.4) is 0 Å². The molecule has 0 fully saturated rings. The standard InChI is InChI=1S/C14H16N2O2S/c1-12-4-2-6-14(10-12)19(17,18)16-9-8-15-7-3-5-13(15)11-16/h2-7,10H,8-9,11H2,1H3. The van der Waals surface area contributed by atoms with Gasteiger partial charge >= 0.3 is 0 Å². The van der Waals surface area contributed by atoms with Crippen molar-refractivity contribution >= 4 is 10.0 Å². The minimum absolute atomic E-state index is 0.382. The largest absolute Gasteiger partial charge is 0.349 e. The van der Waals surface area contributed by atoms with E-state index < -0.39 is 10.0 Å². The zero-order valence-corrected chi connectivity index (χ0v) is 11.6. The maximum atomic E-state index is 12.6. The topological polar surface area (TPSA) is 42.3 Å². The molecule has 3 rings (SSSR count). The molecule has 5 heteroatoms. The Morgan fingerprint density at radius 3 is 2.74 bits per heavy atom. The van der Waals surface area contributed by atoms with Crippen molar-refractivity contribution in [2.24, 2.45) is 0 Å². The van der Waals surface area contributed by atoms with Crippen molar-refractivity contribution in [2.75, 3.05) is 6.54 Å². The first-order valence-corrected chi connectivity index (χ1v) is 7.72. The summed E-state index contributed by atoms with van der Waals surface area (Å²) in [4.78, 5) is 0.382. The van der Waals surface area contributed by atoms with Gasteiger partial charge in [0.2, 0.25) is 10.0 Å². The second-order valence-corrected chi connectivity index (χ2v) is 6.79. The molecule has 100 valence electrons. The summed E-state index contributed by atoms with van der Waals surface area (Å²) in [5, 5.41) is 0. The Kier molecular flexibility index (Phi) is 2.95. The maximum absolute atomic E-state index is 12.6. The molecule has 2 heterocycles. The molecule has 0 N–H and O–H groups in total. The second-order valence-electron chi connectivity index (χ2n) is 4.85. The number of nitrogens with zero attached hydrogens (tertiary/aromatic N) is 2. The van der Waals surface area contributed by atoms with E-state index in [4.69, 9.17) is 0 Å². The molecule has 2 aromatic rings. The van der Waals surface area contributed by atoms with Crippen LogP contribution in [0.25, 0.3) is 0 Å². The first-order chi connectivity index (χ1) is 9.07. The number of sulfonamides is 1. The smallest absolute Gasteiger partial charge is 0.243 e. The molecule has 1 aliphatic rings. The molecule has 0 saturated carbocycles. The molecule has 0 unspecified atom stereocenters. The SMILES string of the molecule is Cc1cccc(S(=O)(=O)N2CCn3cccc3C2)c1. The molecule has 4 nitrogen and oxygen atoms in total. The van der Waals surface area contributed by atoms with Gasteiger partial charge < -0.3 is 4.57 Å². The average Bonchev–Trinajstić information content (AvgIpc) is 2.85. The number of benzene rings is 1. The fraction of sp³-hybridized carbons (Fsp3) is 0.286. The van der Waals surface area contributed by atoms with E-state index in [1.54, 1.807) is 22.5 Å². The molecule has 0 radical (unpaired) electrons. The van der Waals surface area contributed by atoms with Crippen molar-refractivity contribution in [1.29, 1.82) is 0 Å². The minimum atomic E-state index is -3.39. The summed E-state index contributed by atoms with van der Waals surface area (Å²) < 4.78 is 28.8. The van der Waals surface area contributed by atoms with Crippen LogP contribution in [0, 0.1) is 6.92 Å². The van der Waals surface area contributed by atoms with Gasteiger partial charge in [0.25, 0.3) is 0 Å². The lowest BCUT2D eigenvalue weighted by Crippen LogP contribution is -2.37. The predicted molar refractivity (Wildman–Crippen MR) is 73.2 cm³/mol. The lowest BCUT2D eigenvalue weighted by atomic mass is 10.2. The fourth-order valence-corrected chi connectivity index (χ4v) is 3.93. The molecular formula is C14H16N2O2S. The van der Waals surface area contributed by atoms with Crippen molar-refractivity contribution in [2.45, 2.75) is 24.9 Å². The quantitative estimate of drug-likeness (QED) is 0.842. The molecule has 0 aliphatic carbocycles. The van der Waals surface area contributed by atoms with Gasteiger partial charge in [0.1, 0.15) is 0 Å². The van der Waals surface area contributed by atoms with E-state index in [2.05, 4.69) is 4.57 Å². The third kappa shape index (κ3) is 2.19. The summed E-state index contributed by atoms with van der Waals surface area (Å²) in [6.45, 7) is 3.59. The Balaban J connectivity index is 1.94. The van der Waals surface area contributed by atoms with Crippen LogP contribution in [-0.2, 0) is 23.1 Å². The van der Waals surface area contributed by atoms with Crippen molar-refractivity contribution < 1.29 is 8.42 Å². The van der Waals surface area contributed by atoms with E-state index in [1.165, 1.54) is 0 Å². The summed E-state index contributed by atoms with van der Waals surface area (Å²) in [5.74, 6) is 0. The van der Waals surface area contributed by atoms with Crippen molar-refractivity contribution in [3.8, 4) is 0 Å². The second kappa shape index (κ2) is 4.51. The summed E-state index contributed by atoms with van der Waals surface area (Å²) in [5.41, 5.74) is 2.00. The molecule has 0 atom stereocenters. The molecule has 1 aliphatic heterocycles. The Morgan fingerprint density at radius 1 is 1.11 bits per heavy atom. The number of aryl methyl sites for hydroxylation is 1. The third-order valence-electron chi connectivity index (χ3n) is 3.48. The van der Waals surface area contributed by atoms with Crippen LogP contribution < -0.4 is 0 Å². The van der Waals surface area contributed by atoms with E-state index in [1.807, 2.05) is 31.3 Å². The van der Waals surface area contributed by atoms with Crippen LogP contribution in [0.1, 0.15) is 11.3 Å². The lowest BCUT2D eigenvalue weighted by Gasteiger charge is -2.28. The summed E-state index contributed by atoms with van der Waals surface area (Å²) in [6.07, 6.45) is 1.99. The summed E-state index contributed by atoms with van der Waals surface area (Å²) >= 11 is 0. The van der Waals surface area contributed by atoms with Crippen molar-refractivity contribution in [3.05, 3.63) is 53.9 Å². The fourth-order valence-electron chi connectivity index (χ4n) is 2.42. The van der Waals surface area contributed by atoms with Crippen molar-refractivity contribution in [3.63, 3.8) is 0 Å². The normalized spacial score (nSPS) is 16.3. The van der Waals surface area contributed by atoms with Gasteiger partial charge in [0.05, 0.1) is 11.4 Å². The molecule has 0 bridgehead atoms. The lowest BCUT2D eigenvalue weighted by molar-refractivity contribution is 0.341. The Labute approximate surface area is 113 Å². The van der Waals surface area contributed by atoms with E-state index in [0.29, 0.717) is 24.5 Å². The first kappa shape index (κ1) is 12.4. The van der Waals surface area contributed by atoms with E-state index in [-0.39, 0.29) is 0 Å². The number of hydrogen-bond acceptors (Lipinski definition) is 2. The highest BCUT2D eigenvalue weighted by atomic mass is 32.2. The van der Waals surface area contributed by atoms with Crippen LogP contribution in [0.2, 0.25) is 0 Å². The minimum Gasteiger partial charge on any atom is -0.349 e. The molecule has 1 aromatic heterocycles. The molecule has 1 aromatic carbocycles. The maximum Gasteiger partial charge on any atom is 0.243 e. The highest BCUT2D eigenvalue weighted by Crippen LogP contribution is 2.22. The Hall–Kier alpha value is -1.59. The highest BCUT2D eigenvalue weighted by molar-refractivity contribution is 7.89. The van der Waals surface area contributed by atoms with E-state index in [0.717, 1.165) is 11.3 Å². The van der Waals surface area contributed by atoms with Crippen LogP contribution in [0.4, 0.5) is 0 Å². The number of rotatable bonds is 2.